The molecule has 0 aromatic rings. The van der Waals surface area contributed by atoms with E-state index in [2.05, 4.69) is 54.5 Å². The van der Waals surface area contributed by atoms with Crippen molar-refractivity contribution in [3.05, 3.63) is 11.6 Å². The fourth-order valence-corrected chi connectivity index (χ4v) is 11.6. The van der Waals surface area contributed by atoms with Crippen LogP contribution in [0.15, 0.2) is 11.6 Å². The van der Waals surface area contributed by atoms with E-state index in [1.54, 1.807) is 0 Å². The molecule has 0 radical (unpaired) electrons. The molecular weight excluding hydrogens is 464 g/mol. The van der Waals surface area contributed by atoms with Gasteiger partial charge in [0.05, 0.1) is 12.2 Å². The Hall–Kier alpha value is -0.910. The van der Waals surface area contributed by atoms with Crippen molar-refractivity contribution in [1.29, 1.82) is 0 Å². The molecule has 5 nitrogen and oxygen atoms in total. The molecule has 11 atom stereocenters. The van der Waals surface area contributed by atoms with Gasteiger partial charge in [-0.2, -0.15) is 0 Å². The Bertz CT molecular complexity index is 970. The van der Waals surface area contributed by atoms with Gasteiger partial charge >= 0.3 is 5.97 Å². The first-order valence-electron chi connectivity index (χ1n) is 14.9. The number of rotatable bonds is 3. The van der Waals surface area contributed by atoms with Crippen molar-refractivity contribution in [2.75, 3.05) is 6.61 Å². The molecule has 37 heavy (non-hydrogen) atoms. The molecule has 4 saturated carbocycles. The van der Waals surface area contributed by atoms with Crippen LogP contribution in [0.25, 0.3) is 0 Å². The van der Waals surface area contributed by atoms with Gasteiger partial charge in [0.15, 0.2) is 0 Å². The smallest absolute Gasteiger partial charge is 0.302 e. The van der Waals surface area contributed by atoms with Crippen molar-refractivity contribution in [2.24, 2.45) is 56.7 Å². The van der Waals surface area contributed by atoms with Gasteiger partial charge in [0.1, 0.15) is 6.10 Å². The summed E-state index contributed by atoms with van der Waals surface area (Å²) >= 11 is 0. The first-order valence-corrected chi connectivity index (χ1v) is 14.9. The summed E-state index contributed by atoms with van der Waals surface area (Å²) in [6, 6.07) is 0. The van der Waals surface area contributed by atoms with Crippen molar-refractivity contribution in [2.45, 2.75) is 119 Å². The van der Waals surface area contributed by atoms with Crippen LogP contribution in [-0.4, -0.2) is 46.2 Å². The van der Waals surface area contributed by atoms with E-state index in [0.717, 1.165) is 38.5 Å². The second-order valence-corrected chi connectivity index (χ2v) is 15.4. The number of carbonyl (C=O) groups is 1. The van der Waals surface area contributed by atoms with Crippen molar-refractivity contribution in [1.82, 2.24) is 0 Å². The molecule has 5 aliphatic carbocycles. The van der Waals surface area contributed by atoms with Gasteiger partial charge < -0.3 is 20.1 Å². The molecule has 0 aromatic carbocycles. The fraction of sp³-hybridized carbons (Fsp3) is 0.906. The number of hydrogen-bond donors (Lipinski definition) is 3. The molecule has 3 N–H and O–H groups in total. The number of carbonyl (C=O) groups excluding carboxylic acids is 1. The van der Waals surface area contributed by atoms with Crippen LogP contribution in [0.3, 0.4) is 0 Å². The van der Waals surface area contributed by atoms with E-state index >= 15 is 0 Å². The average Bonchev–Trinajstić information content (AvgIpc) is 3.12. The summed E-state index contributed by atoms with van der Waals surface area (Å²) in [5, 5.41) is 34.5. The summed E-state index contributed by atoms with van der Waals surface area (Å²) < 4.78 is 5.81. The number of aliphatic hydroxyl groups is 3. The number of aliphatic hydroxyl groups excluding tert-OH is 3. The standard InChI is InChI=1S/C32H52O5/c1-18(2)21-15-23(36)27-31(8)12-9-20-26(30(31,7)13-14-32(21,27)17-33)22(35)16-24-28(4,5)25(37-19(3)34)10-11-29(20,24)6/h9,18,21-27,33,35-36H,10-17H2,1-8H3/t21-,22-,23+,24-,25-,26-,27+,29+,30-,31+,32+/m0/s1. The minimum atomic E-state index is -0.467. The molecule has 5 rings (SSSR count). The van der Waals surface area contributed by atoms with Crippen LogP contribution >= 0.6 is 0 Å². The molecule has 0 bridgehead atoms. The number of ether oxygens (including phenoxy) is 1. The molecular formula is C32H52O5. The Morgan fingerprint density at radius 1 is 1.03 bits per heavy atom. The monoisotopic (exact) mass is 516 g/mol. The van der Waals surface area contributed by atoms with E-state index < -0.39 is 12.2 Å². The third kappa shape index (κ3) is 3.41. The highest BCUT2D eigenvalue weighted by molar-refractivity contribution is 5.66. The zero-order valence-electron chi connectivity index (χ0n) is 24.5. The number of fused-ring (bicyclic) bond motifs is 7. The van der Waals surface area contributed by atoms with E-state index in [1.165, 1.54) is 12.5 Å². The summed E-state index contributed by atoms with van der Waals surface area (Å²) in [6.45, 7) is 17.7. The Morgan fingerprint density at radius 3 is 2.30 bits per heavy atom. The highest BCUT2D eigenvalue weighted by Crippen LogP contribution is 2.76. The van der Waals surface area contributed by atoms with Gasteiger partial charge in [-0.05, 0) is 84.9 Å². The third-order valence-corrected chi connectivity index (χ3v) is 13.5. The lowest BCUT2D eigenvalue weighted by Gasteiger charge is -2.70. The van der Waals surface area contributed by atoms with E-state index in [1.807, 2.05) is 0 Å². The van der Waals surface area contributed by atoms with Crippen LogP contribution in [0, 0.1) is 56.7 Å². The van der Waals surface area contributed by atoms with Crippen molar-refractivity contribution >= 4 is 5.97 Å². The van der Waals surface area contributed by atoms with Gasteiger partial charge in [-0.3, -0.25) is 4.79 Å². The second kappa shape index (κ2) is 8.54. The molecule has 210 valence electrons. The zero-order chi connectivity index (χ0) is 27.3. The van der Waals surface area contributed by atoms with Crippen LogP contribution in [0.1, 0.15) is 100 Å². The molecule has 5 aliphatic rings. The quantitative estimate of drug-likeness (QED) is 0.340. The predicted molar refractivity (Wildman–Crippen MR) is 144 cm³/mol. The number of esters is 1. The topological polar surface area (TPSA) is 87.0 Å². The van der Waals surface area contributed by atoms with Gasteiger partial charge in [-0.25, -0.2) is 0 Å². The minimum absolute atomic E-state index is 0.0304. The Kier molecular flexibility index (Phi) is 6.38. The highest BCUT2D eigenvalue weighted by Gasteiger charge is 2.72. The maximum atomic E-state index is 12.0. The largest absolute Gasteiger partial charge is 0.462 e. The summed E-state index contributed by atoms with van der Waals surface area (Å²) in [7, 11) is 0. The van der Waals surface area contributed by atoms with E-state index in [-0.39, 0.29) is 63.5 Å². The Morgan fingerprint density at radius 2 is 1.70 bits per heavy atom. The van der Waals surface area contributed by atoms with Crippen molar-refractivity contribution < 1.29 is 24.9 Å². The first kappa shape index (κ1) is 27.6. The lowest BCUT2D eigenvalue weighted by molar-refractivity contribution is -0.214. The highest BCUT2D eigenvalue weighted by atomic mass is 16.5. The number of hydrogen-bond acceptors (Lipinski definition) is 5. The summed E-state index contributed by atoms with van der Waals surface area (Å²) in [5.74, 6) is 0.828. The first-order chi connectivity index (χ1) is 17.1. The normalized spacial score (nSPS) is 52.4. The molecule has 0 unspecified atom stereocenters. The second-order valence-electron chi connectivity index (χ2n) is 15.4. The van der Waals surface area contributed by atoms with Gasteiger partial charge in [0, 0.05) is 30.3 Å². The Balaban J connectivity index is 1.58. The van der Waals surface area contributed by atoms with Gasteiger partial charge in [0.25, 0.3) is 0 Å². The molecule has 5 heteroatoms. The minimum Gasteiger partial charge on any atom is -0.462 e. The third-order valence-electron chi connectivity index (χ3n) is 13.5. The van der Waals surface area contributed by atoms with E-state index in [9.17, 15) is 20.1 Å². The van der Waals surface area contributed by atoms with Crippen LogP contribution in [-0.2, 0) is 9.53 Å². The van der Waals surface area contributed by atoms with Gasteiger partial charge in [0.2, 0.25) is 0 Å². The molecule has 4 fully saturated rings. The maximum absolute atomic E-state index is 12.0. The van der Waals surface area contributed by atoms with Crippen molar-refractivity contribution in [3.63, 3.8) is 0 Å². The molecule has 0 spiro atoms. The number of allylic oxidation sites excluding steroid dienone is 1. The maximum Gasteiger partial charge on any atom is 0.302 e. The average molecular weight is 517 g/mol. The lowest BCUT2D eigenvalue weighted by Crippen LogP contribution is -2.66. The van der Waals surface area contributed by atoms with Crippen LogP contribution in [0.5, 0.6) is 0 Å². The van der Waals surface area contributed by atoms with E-state index in [4.69, 9.17) is 4.74 Å². The SMILES string of the molecule is CC(=O)O[C@H]1CC[C@]2(C)C3=CC[C@]4(C)[C@H]5[C@H](O)C[C@@H](C(C)C)[C@]5(CO)CC[C@@]4(C)[C@@H]3[C@@H](O)C[C@H]2C1(C)C. The van der Waals surface area contributed by atoms with E-state index in [0.29, 0.717) is 18.3 Å². The molecule has 0 aliphatic heterocycles. The lowest BCUT2D eigenvalue weighted by atomic mass is 9.35. The molecule has 0 heterocycles. The summed E-state index contributed by atoms with van der Waals surface area (Å²) in [5.41, 5.74) is 0.544. The van der Waals surface area contributed by atoms with Crippen LogP contribution in [0.2, 0.25) is 0 Å². The fourth-order valence-electron chi connectivity index (χ4n) is 11.6. The molecule has 0 saturated heterocycles. The Labute approximate surface area is 224 Å². The van der Waals surface area contributed by atoms with Crippen LogP contribution in [0.4, 0.5) is 0 Å². The molecule has 0 amide bonds. The summed E-state index contributed by atoms with van der Waals surface area (Å²) in [4.78, 5) is 11.9. The predicted octanol–water partition coefficient (Wildman–Crippen LogP) is 5.51. The zero-order valence-corrected chi connectivity index (χ0v) is 24.5. The van der Waals surface area contributed by atoms with Crippen LogP contribution < -0.4 is 0 Å². The summed E-state index contributed by atoms with van der Waals surface area (Å²) in [6.07, 6.45) is 7.49. The molecule has 0 aromatic heterocycles. The van der Waals surface area contributed by atoms with Gasteiger partial charge in [-0.15, -0.1) is 0 Å². The van der Waals surface area contributed by atoms with Gasteiger partial charge in [-0.1, -0.05) is 60.1 Å². The van der Waals surface area contributed by atoms with Crippen molar-refractivity contribution in [3.8, 4) is 0 Å².